The second-order valence-corrected chi connectivity index (χ2v) is 5.75. The van der Waals surface area contributed by atoms with Crippen molar-refractivity contribution >= 4 is 5.91 Å². The monoisotopic (exact) mass is 217 g/mol. The van der Waals surface area contributed by atoms with Crippen LogP contribution in [0.2, 0.25) is 0 Å². The summed E-state index contributed by atoms with van der Waals surface area (Å²) in [5.74, 6) is -0.220. The molecule has 4 heteroatoms. The molecule has 0 aliphatic carbocycles. The number of aliphatic hydroxyl groups is 2. The van der Waals surface area contributed by atoms with Gasteiger partial charge in [-0.1, -0.05) is 34.6 Å². The standard InChI is InChI=1S/C11H23NO3/c1-10(2,3)6-11(4,5)9(15)12(7-13)8-14/h13-14H,6-8H2,1-5H3. The third-order valence-corrected chi connectivity index (χ3v) is 2.18. The number of hydrogen-bond acceptors (Lipinski definition) is 3. The summed E-state index contributed by atoms with van der Waals surface area (Å²) in [5.41, 5.74) is -0.528. The quantitative estimate of drug-likeness (QED) is 0.695. The van der Waals surface area contributed by atoms with E-state index in [1.807, 2.05) is 13.8 Å². The lowest BCUT2D eigenvalue weighted by molar-refractivity contribution is -0.150. The van der Waals surface area contributed by atoms with Crippen LogP contribution in [0.15, 0.2) is 0 Å². The number of nitrogens with zero attached hydrogens (tertiary/aromatic N) is 1. The van der Waals surface area contributed by atoms with Crippen LogP contribution in [0.4, 0.5) is 0 Å². The Kier molecular flexibility index (Phi) is 4.74. The lowest BCUT2D eigenvalue weighted by Gasteiger charge is -2.34. The largest absolute Gasteiger partial charge is 0.376 e. The molecule has 4 nitrogen and oxygen atoms in total. The highest BCUT2D eigenvalue weighted by Gasteiger charge is 2.35. The van der Waals surface area contributed by atoms with Gasteiger partial charge in [0, 0.05) is 5.41 Å². The van der Waals surface area contributed by atoms with Crippen molar-refractivity contribution in [2.24, 2.45) is 10.8 Å². The van der Waals surface area contributed by atoms with Crippen molar-refractivity contribution in [3.8, 4) is 0 Å². The number of amides is 1. The van der Waals surface area contributed by atoms with E-state index < -0.39 is 18.9 Å². The first-order valence-corrected chi connectivity index (χ1v) is 5.15. The number of rotatable bonds is 4. The highest BCUT2D eigenvalue weighted by atomic mass is 16.3. The van der Waals surface area contributed by atoms with Crippen LogP contribution in [0, 0.1) is 10.8 Å². The van der Waals surface area contributed by atoms with Gasteiger partial charge in [-0.15, -0.1) is 0 Å². The zero-order valence-corrected chi connectivity index (χ0v) is 10.4. The highest BCUT2D eigenvalue weighted by molar-refractivity contribution is 5.81. The second-order valence-electron chi connectivity index (χ2n) is 5.75. The van der Waals surface area contributed by atoms with Crippen molar-refractivity contribution in [3.05, 3.63) is 0 Å². The molecule has 0 atom stereocenters. The van der Waals surface area contributed by atoms with Crippen molar-refractivity contribution in [2.45, 2.75) is 41.0 Å². The second kappa shape index (κ2) is 4.94. The van der Waals surface area contributed by atoms with E-state index in [0.29, 0.717) is 6.42 Å². The molecule has 0 saturated carbocycles. The molecule has 2 N–H and O–H groups in total. The van der Waals surface area contributed by atoms with E-state index in [9.17, 15) is 4.79 Å². The van der Waals surface area contributed by atoms with E-state index in [0.717, 1.165) is 4.90 Å². The summed E-state index contributed by atoms with van der Waals surface area (Å²) < 4.78 is 0. The molecule has 1 amide bonds. The molecule has 0 aromatic carbocycles. The number of hydrogen-bond donors (Lipinski definition) is 2. The minimum absolute atomic E-state index is 0.0374. The third kappa shape index (κ3) is 4.62. The van der Waals surface area contributed by atoms with E-state index in [1.54, 1.807) is 0 Å². The van der Waals surface area contributed by atoms with Crippen molar-refractivity contribution in [1.29, 1.82) is 0 Å². The number of aliphatic hydroxyl groups excluding tert-OH is 2. The van der Waals surface area contributed by atoms with Crippen molar-refractivity contribution < 1.29 is 15.0 Å². The van der Waals surface area contributed by atoms with Crippen molar-refractivity contribution in [3.63, 3.8) is 0 Å². The fourth-order valence-corrected chi connectivity index (χ4v) is 2.00. The Hall–Kier alpha value is -0.610. The zero-order chi connectivity index (χ0) is 12.3. The maximum absolute atomic E-state index is 11.9. The Bertz CT molecular complexity index is 214. The molecule has 15 heavy (non-hydrogen) atoms. The van der Waals surface area contributed by atoms with E-state index in [4.69, 9.17) is 10.2 Å². The van der Waals surface area contributed by atoms with Crippen LogP contribution >= 0.6 is 0 Å². The normalized spacial score (nSPS) is 12.7. The SMILES string of the molecule is CC(C)(C)CC(C)(C)C(=O)N(CO)CO. The van der Waals surface area contributed by atoms with Gasteiger partial charge >= 0.3 is 0 Å². The predicted molar refractivity (Wildman–Crippen MR) is 58.9 cm³/mol. The molecule has 0 rings (SSSR count). The molecule has 0 aliphatic rings. The molecular formula is C11H23NO3. The Balaban J connectivity index is 4.64. The van der Waals surface area contributed by atoms with Gasteiger partial charge < -0.3 is 10.2 Å². The average molecular weight is 217 g/mol. The first-order valence-electron chi connectivity index (χ1n) is 5.15. The average Bonchev–Trinajstić information content (AvgIpc) is 2.01. The minimum Gasteiger partial charge on any atom is -0.376 e. The molecule has 0 radical (unpaired) electrons. The molecule has 0 fully saturated rings. The first kappa shape index (κ1) is 14.4. The van der Waals surface area contributed by atoms with Gasteiger partial charge in [0.1, 0.15) is 13.5 Å². The molecule has 0 heterocycles. The van der Waals surface area contributed by atoms with Crippen LogP contribution in [0.3, 0.4) is 0 Å². The van der Waals surface area contributed by atoms with Crippen LogP contribution in [0.25, 0.3) is 0 Å². The number of carbonyl (C=O) groups is 1. The van der Waals surface area contributed by atoms with E-state index in [2.05, 4.69) is 20.8 Å². The lowest BCUT2D eigenvalue weighted by Crippen LogP contribution is -2.43. The van der Waals surface area contributed by atoms with Crippen molar-refractivity contribution in [2.75, 3.05) is 13.5 Å². The summed E-state index contributed by atoms with van der Waals surface area (Å²) in [6, 6.07) is 0. The molecule has 0 unspecified atom stereocenters. The summed E-state index contributed by atoms with van der Waals surface area (Å²) in [6.07, 6.45) is 0.704. The first-order chi connectivity index (χ1) is 6.64. The molecule has 0 aromatic rings. The molecule has 90 valence electrons. The Labute approximate surface area is 91.9 Å². The fourth-order valence-electron chi connectivity index (χ4n) is 2.00. The molecule has 0 aromatic heterocycles. The van der Waals surface area contributed by atoms with Gasteiger partial charge in [-0.3, -0.25) is 9.69 Å². The summed E-state index contributed by atoms with van der Waals surface area (Å²) in [4.78, 5) is 12.9. The maximum Gasteiger partial charge on any atom is 0.231 e. The molecule has 0 spiro atoms. The van der Waals surface area contributed by atoms with Crippen molar-refractivity contribution in [1.82, 2.24) is 4.90 Å². The number of carbonyl (C=O) groups excluding carboxylic acids is 1. The van der Waals surface area contributed by atoms with Gasteiger partial charge in [0.2, 0.25) is 5.91 Å². The topological polar surface area (TPSA) is 60.8 Å². The summed E-state index contributed by atoms with van der Waals surface area (Å²) in [5, 5.41) is 17.8. The Morgan fingerprint density at radius 2 is 1.47 bits per heavy atom. The Morgan fingerprint density at radius 1 is 1.07 bits per heavy atom. The Morgan fingerprint density at radius 3 is 1.73 bits per heavy atom. The molecule has 0 aliphatic heterocycles. The molecule has 0 saturated heterocycles. The predicted octanol–water partition coefficient (Wildman–Crippen LogP) is 1.18. The maximum atomic E-state index is 11.9. The fraction of sp³-hybridized carbons (Fsp3) is 0.909. The smallest absolute Gasteiger partial charge is 0.231 e. The van der Waals surface area contributed by atoms with Gasteiger partial charge in [0.15, 0.2) is 0 Å². The van der Waals surface area contributed by atoms with Crippen LogP contribution in [0.5, 0.6) is 0 Å². The summed E-state index contributed by atoms with van der Waals surface area (Å²) in [7, 11) is 0. The summed E-state index contributed by atoms with van der Waals surface area (Å²) >= 11 is 0. The van der Waals surface area contributed by atoms with E-state index in [1.165, 1.54) is 0 Å². The highest BCUT2D eigenvalue weighted by Crippen LogP contribution is 2.34. The van der Waals surface area contributed by atoms with Crippen LogP contribution in [-0.4, -0.2) is 34.5 Å². The van der Waals surface area contributed by atoms with Gasteiger partial charge in [-0.25, -0.2) is 0 Å². The summed E-state index contributed by atoms with van der Waals surface area (Å²) in [6.45, 7) is 8.96. The van der Waals surface area contributed by atoms with Gasteiger partial charge in [-0.2, -0.15) is 0 Å². The van der Waals surface area contributed by atoms with Gasteiger partial charge in [-0.05, 0) is 11.8 Å². The van der Waals surface area contributed by atoms with Gasteiger partial charge in [0.05, 0.1) is 0 Å². The lowest BCUT2D eigenvalue weighted by atomic mass is 9.75. The van der Waals surface area contributed by atoms with E-state index >= 15 is 0 Å². The molecule has 0 bridgehead atoms. The zero-order valence-electron chi connectivity index (χ0n) is 10.4. The van der Waals surface area contributed by atoms with Gasteiger partial charge in [0.25, 0.3) is 0 Å². The van der Waals surface area contributed by atoms with Crippen LogP contribution in [-0.2, 0) is 4.79 Å². The minimum atomic E-state index is -0.566. The molecular weight excluding hydrogens is 194 g/mol. The van der Waals surface area contributed by atoms with Crippen LogP contribution in [0.1, 0.15) is 41.0 Å². The van der Waals surface area contributed by atoms with Crippen LogP contribution < -0.4 is 0 Å². The van der Waals surface area contributed by atoms with E-state index in [-0.39, 0.29) is 11.3 Å². The third-order valence-electron chi connectivity index (χ3n) is 2.18.